The van der Waals surface area contributed by atoms with Crippen LogP contribution in [0.15, 0.2) is 158 Å². The van der Waals surface area contributed by atoms with Gasteiger partial charge in [0.2, 0.25) is 0 Å². The number of amides is 1. The van der Waals surface area contributed by atoms with Crippen LogP contribution in [0.3, 0.4) is 0 Å². The van der Waals surface area contributed by atoms with Gasteiger partial charge in [-0.15, -0.1) is 0 Å². The van der Waals surface area contributed by atoms with Gasteiger partial charge in [-0.2, -0.15) is 0 Å². The number of hydrogen-bond donors (Lipinski definition) is 1. The van der Waals surface area contributed by atoms with Gasteiger partial charge in [0.1, 0.15) is 0 Å². The molecule has 3 nitrogen and oxygen atoms in total. The van der Waals surface area contributed by atoms with Crippen molar-refractivity contribution in [2.75, 3.05) is 5.32 Å². The van der Waals surface area contributed by atoms with Crippen LogP contribution in [0.25, 0.3) is 0 Å². The van der Waals surface area contributed by atoms with E-state index in [0.29, 0.717) is 6.42 Å². The van der Waals surface area contributed by atoms with Gasteiger partial charge in [-0.05, 0) is 0 Å². The van der Waals surface area contributed by atoms with E-state index in [4.69, 9.17) is 4.74 Å². The molecule has 6 aromatic rings. The van der Waals surface area contributed by atoms with Crippen molar-refractivity contribution < 1.29 is 9.53 Å². The van der Waals surface area contributed by atoms with Gasteiger partial charge in [0.25, 0.3) is 0 Å². The van der Waals surface area contributed by atoms with Gasteiger partial charge < -0.3 is 0 Å². The summed E-state index contributed by atoms with van der Waals surface area (Å²) in [5.41, 5.74) is 4.99. The fourth-order valence-corrected chi connectivity index (χ4v) is 15.0. The summed E-state index contributed by atoms with van der Waals surface area (Å²) in [4.78, 5) is 14.2. The molecule has 1 heterocycles. The predicted molar refractivity (Wildman–Crippen MR) is 211 cm³/mol. The van der Waals surface area contributed by atoms with Gasteiger partial charge in [-0.25, -0.2) is 0 Å². The average Bonchev–Trinajstić information content (AvgIpc) is 3.12. The van der Waals surface area contributed by atoms with Crippen molar-refractivity contribution in [1.82, 2.24) is 0 Å². The number of ether oxygens (including phenoxy) is 1. The number of halogens is 1. The Morgan fingerprint density at radius 3 is 1.57 bits per heavy atom. The van der Waals surface area contributed by atoms with E-state index < -0.39 is 5.31 Å². The Kier molecular flexibility index (Phi) is 8.82. The van der Waals surface area contributed by atoms with Crippen LogP contribution in [0.5, 0.6) is 11.5 Å². The summed E-state index contributed by atoms with van der Waals surface area (Å²) in [7, 11) is 0. The molecule has 0 bridgehead atoms. The minimum absolute atomic E-state index is 0.0235. The van der Waals surface area contributed by atoms with Crippen LogP contribution in [0.1, 0.15) is 55.4 Å². The Morgan fingerprint density at radius 1 is 0.653 bits per heavy atom. The SMILES string of the molecule is CC(C)(C)c1ccc(CP(Br)(c2ccccc2)(c2ccccc2)c2ccccc2)cc1NC(=O)CC1c2ccccc2Oc2ccccc21. The van der Waals surface area contributed by atoms with Gasteiger partial charge in [-0.3, -0.25) is 0 Å². The molecule has 0 atom stereocenters. The van der Waals surface area contributed by atoms with Gasteiger partial charge in [0.15, 0.2) is 0 Å². The van der Waals surface area contributed by atoms with E-state index >= 15 is 0 Å². The van der Waals surface area contributed by atoms with Crippen LogP contribution < -0.4 is 26.0 Å². The third kappa shape index (κ3) is 6.14. The number of rotatable bonds is 8. The quantitative estimate of drug-likeness (QED) is 0.159. The first-order chi connectivity index (χ1) is 23.6. The van der Waals surface area contributed by atoms with E-state index in [2.05, 4.69) is 163 Å². The van der Waals surface area contributed by atoms with E-state index in [-0.39, 0.29) is 17.2 Å². The van der Waals surface area contributed by atoms with Gasteiger partial charge in [0.05, 0.1) is 0 Å². The summed E-state index contributed by atoms with van der Waals surface area (Å²) in [5, 5.41) is 3.93. The Bertz CT molecular complexity index is 1960. The summed E-state index contributed by atoms with van der Waals surface area (Å²) in [5.74, 6) is 1.48. The van der Waals surface area contributed by atoms with E-state index in [1.165, 1.54) is 15.9 Å². The first-order valence-electron chi connectivity index (χ1n) is 16.8. The molecule has 0 spiro atoms. The third-order valence-electron chi connectivity index (χ3n) is 9.73. The molecule has 0 saturated heterocycles. The fourth-order valence-electron chi connectivity index (χ4n) is 7.34. The first kappa shape index (κ1) is 33.0. The second-order valence-electron chi connectivity index (χ2n) is 14.0. The molecule has 246 valence electrons. The van der Waals surface area contributed by atoms with Crippen molar-refractivity contribution in [3.8, 4) is 11.5 Å². The molecule has 49 heavy (non-hydrogen) atoms. The Morgan fingerprint density at radius 2 is 1.10 bits per heavy atom. The average molecular weight is 727 g/mol. The molecule has 1 N–H and O–H groups in total. The molecule has 1 amide bonds. The second kappa shape index (κ2) is 13.1. The molecular formula is C44H41BrNO2P. The molecule has 0 aliphatic carbocycles. The molecule has 1 aliphatic heterocycles. The normalized spacial score (nSPS) is 13.7. The van der Waals surface area contributed by atoms with E-state index in [1.54, 1.807) is 0 Å². The number of fused-ring (bicyclic) bond motifs is 2. The fraction of sp³-hybridized carbons (Fsp3) is 0.159. The molecule has 0 radical (unpaired) electrons. The van der Waals surface area contributed by atoms with E-state index in [0.717, 1.165) is 45.6 Å². The summed E-state index contributed by atoms with van der Waals surface area (Å²) in [6.45, 7) is 6.60. The van der Waals surface area contributed by atoms with Crippen molar-refractivity contribution in [2.45, 2.75) is 44.7 Å². The standard InChI is InChI=1S/C44H41BrNO2P/c1-44(2,3)39-28-27-32(29-40(39)46-43(47)30-38-36-23-13-15-25-41(36)48-42-26-16-14-24-37(38)42)31-49(45,33-17-7-4-8-18-33,34-19-9-5-10-20-34)35-21-11-6-12-22-35/h4-29,38H,30-31H2,1-3H3,(H,46,47). The van der Waals surface area contributed by atoms with Crippen LogP contribution in [0.2, 0.25) is 0 Å². The Balaban J connectivity index is 1.31. The van der Waals surface area contributed by atoms with E-state index in [9.17, 15) is 4.79 Å². The maximum absolute atomic E-state index is 14.2. The zero-order valence-corrected chi connectivity index (χ0v) is 30.6. The zero-order valence-electron chi connectivity index (χ0n) is 28.1. The van der Waals surface area contributed by atoms with Crippen molar-refractivity contribution in [3.05, 3.63) is 180 Å². The van der Waals surface area contributed by atoms with E-state index in [1.807, 2.05) is 36.4 Å². The van der Waals surface area contributed by atoms with Crippen molar-refractivity contribution in [1.29, 1.82) is 0 Å². The summed E-state index contributed by atoms with van der Waals surface area (Å²) in [6, 6.07) is 55.3. The van der Waals surface area contributed by atoms with Crippen LogP contribution >= 0.6 is 20.8 Å². The molecule has 6 aromatic carbocycles. The zero-order chi connectivity index (χ0) is 34.1. The molecule has 5 heteroatoms. The van der Waals surface area contributed by atoms with Crippen LogP contribution in [0, 0.1) is 0 Å². The van der Waals surface area contributed by atoms with Crippen LogP contribution in [0.4, 0.5) is 5.69 Å². The van der Waals surface area contributed by atoms with Gasteiger partial charge in [-0.1, -0.05) is 0 Å². The van der Waals surface area contributed by atoms with Gasteiger partial charge >= 0.3 is 299 Å². The molecule has 0 unspecified atom stereocenters. The number of carbonyl (C=O) groups is 1. The molecular weight excluding hydrogens is 685 g/mol. The Hall–Kier alpha value is -4.50. The Labute approximate surface area is 298 Å². The maximum atomic E-state index is 14.2. The van der Waals surface area contributed by atoms with Crippen LogP contribution in [-0.4, -0.2) is 5.91 Å². The number of nitrogens with one attached hydrogen (secondary N) is 1. The van der Waals surface area contributed by atoms with Crippen molar-refractivity contribution in [3.63, 3.8) is 0 Å². The summed E-state index contributed by atoms with van der Waals surface area (Å²) < 4.78 is 6.22. The monoisotopic (exact) mass is 725 g/mol. The number of carbonyl (C=O) groups excluding carboxylic acids is 1. The minimum atomic E-state index is -3.25. The van der Waals surface area contributed by atoms with Crippen molar-refractivity contribution in [2.24, 2.45) is 0 Å². The molecule has 7 rings (SSSR count). The second-order valence-corrected chi connectivity index (χ2v) is 22.9. The third-order valence-corrected chi connectivity index (χ3v) is 19.2. The summed E-state index contributed by atoms with van der Waals surface area (Å²) in [6.07, 6.45) is 1.04. The van der Waals surface area contributed by atoms with Crippen molar-refractivity contribution >= 4 is 48.3 Å². The number of hydrogen-bond acceptors (Lipinski definition) is 2. The number of para-hydroxylation sites is 2. The molecule has 0 fully saturated rings. The predicted octanol–water partition coefficient (Wildman–Crippen LogP) is 10.6. The summed E-state index contributed by atoms with van der Waals surface area (Å²) >= 11 is 4.62. The van der Waals surface area contributed by atoms with Gasteiger partial charge in [0, 0.05) is 0 Å². The molecule has 0 aromatic heterocycles. The number of benzene rings is 6. The first-order valence-corrected chi connectivity index (χ1v) is 21.3. The topological polar surface area (TPSA) is 38.3 Å². The molecule has 0 saturated carbocycles. The molecule has 1 aliphatic rings. The number of anilines is 1. The van der Waals surface area contributed by atoms with Crippen LogP contribution in [-0.2, 0) is 16.4 Å².